The average molecular weight is 243 g/mol. The van der Waals surface area contributed by atoms with Gasteiger partial charge in [0.15, 0.2) is 0 Å². The number of quaternary nitrogens is 1. The van der Waals surface area contributed by atoms with Gasteiger partial charge in [0.05, 0.1) is 38.9 Å². The van der Waals surface area contributed by atoms with Crippen molar-refractivity contribution in [2.75, 3.05) is 38.1 Å². The maximum Gasteiger partial charge on any atom is 0.0947 e. The number of aromatic nitrogens is 2. The summed E-state index contributed by atoms with van der Waals surface area (Å²) in [6.07, 6.45) is 1.78. The fourth-order valence-corrected chi connectivity index (χ4v) is 2.42. The Hall–Kier alpha value is -1.81. The summed E-state index contributed by atoms with van der Waals surface area (Å²) in [5.41, 5.74) is 3.59. The van der Waals surface area contributed by atoms with E-state index in [9.17, 15) is 0 Å². The van der Waals surface area contributed by atoms with Gasteiger partial charge in [-0.3, -0.25) is 5.10 Å². The zero-order valence-electron chi connectivity index (χ0n) is 10.7. The molecule has 1 aromatic carbocycles. The molecule has 0 spiro atoms. The summed E-state index contributed by atoms with van der Waals surface area (Å²) in [6, 6.07) is 10.7. The molecule has 0 saturated carbocycles. The van der Waals surface area contributed by atoms with Gasteiger partial charge in [-0.25, -0.2) is 0 Å². The Morgan fingerprint density at radius 1 is 1.11 bits per heavy atom. The number of piperazine rings is 1. The quantitative estimate of drug-likeness (QED) is 0.801. The van der Waals surface area contributed by atoms with Gasteiger partial charge in [0.1, 0.15) is 0 Å². The molecule has 1 aromatic heterocycles. The van der Waals surface area contributed by atoms with Crippen molar-refractivity contribution >= 4 is 5.69 Å². The molecular weight excluding hydrogens is 224 g/mol. The molecule has 1 fully saturated rings. The first kappa shape index (κ1) is 11.3. The molecular formula is C14H19N4+. The molecule has 0 radical (unpaired) electrons. The number of nitrogens with zero attached hydrogens (tertiary/aromatic N) is 2. The summed E-state index contributed by atoms with van der Waals surface area (Å²) in [6.45, 7) is 4.75. The number of likely N-dealkylation sites (N-methyl/N-ethyl adjacent to an activating group) is 1. The lowest BCUT2D eigenvalue weighted by atomic mass is 10.1. The van der Waals surface area contributed by atoms with Crippen molar-refractivity contribution in [3.8, 4) is 11.3 Å². The average Bonchev–Trinajstić information content (AvgIpc) is 2.94. The highest BCUT2D eigenvalue weighted by atomic mass is 15.2. The molecule has 18 heavy (non-hydrogen) atoms. The predicted octanol–water partition coefficient (Wildman–Crippen LogP) is 0.411. The van der Waals surface area contributed by atoms with E-state index in [0.717, 1.165) is 18.8 Å². The van der Waals surface area contributed by atoms with Crippen LogP contribution >= 0.6 is 0 Å². The minimum absolute atomic E-state index is 1.07. The molecule has 1 aliphatic rings. The number of aromatic amines is 1. The molecule has 0 amide bonds. The summed E-state index contributed by atoms with van der Waals surface area (Å²) in [5, 5.41) is 6.97. The molecule has 0 atom stereocenters. The topological polar surface area (TPSA) is 36.4 Å². The zero-order valence-corrected chi connectivity index (χ0v) is 10.7. The Balaban J connectivity index is 1.75. The summed E-state index contributed by atoms with van der Waals surface area (Å²) in [7, 11) is 2.26. The van der Waals surface area contributed by atoms with E-state index in [1.807, 2.05) is 6.07 Å². The Labute approximate surface area is 107 Å². The minimum Gasteiger partial charge on any atom is -0.360 e. The number of hydrogen-bond donors (Lipinski definition) is 2. The van der Waals surface area contributed by atoms with Gasteiger partial charge < -0.3 is 9.80 Å². The number of rotatable bonds is 2. The molecule has 3 rings (SSSR count). The zero-order chi connectivity index (χ0) is 12.4. The maximum atomic E-state index is 3.98. The van der Waals surface area contributed by atoms with Gasteiger partial charge in [0.25, 0.3) is 0 Å². The van der Waals surface area contributed by atoms with Gasteiger partial charge >= 0.3 is 0 Å². The highest BCUT2D eigenvalue weighted by molar-refractivity contribution is 5.62. The first-order valence-corrected chi connectivity index (χ1v) is 6.49. The van der Waals surface area contributed by atoms with E-state index in [1.54, 1.807) is 11.1 Å². The lowest BCUT2D eigenvalue weighted by Crippen LogP contribution is -3.12. The number of nitrogens with one attached hydrogen (secondary N) is 2. The minimum atomic E-state index is 1.07. The van der Waals surface area contributed by atoms with Crippen LogP contribution in [-0.2, 0) is 0 Å². The van der Waals surface area contributed by atoms with Crippen LogP contribution in [0.5, 0.6) is 0 Å². The third-order valence-electron chi connectivity index (χ3n) is 3.66. The van der Waals surface area contributed by atoms with Crippen LogP contribution in [0.25, 0.3) is 11.3 Å². The van der Waals surface area contributed by atoms with Crippen molar-refractivity contribution in [3.05, 3.63) is 36.5 Å². The fraction of sp³-hybridized carbons (Fsp3) is 0.357. The first-order chi connectivity index (χ1) is 8.83. The van der Waals surface area contributed by atoms with Crippen molar-refractivity contribution in [3.63, 3.8) is 0 Å². The van der Waals surface area contributed by atoms with Crippen molar-refractivity contribution < 1.29 is 4.90 Å². The Kier molecular flexibility index (Phi) is 3.02. The molecule has 2 heterocycles. The Morgan fingerprint density at radius 3 is 2.44 bits per heavy atom. The smallest absolute Gasteiger partial charge is 0.0947 e. The lowest BCUT2D eigenvalue weighted by molar-refractivity contribution is -0.880. The van der Waals surface area contributed by atoms with E-state index < -0.39 is 0 Å². The summed E-state index contributed by atoms with van der Waals surface area (Å²) < 4.78 is 0. The number of hydrogen-bond acceptors (Lipinski definition) is 2. The van der Waals surface area contributed by atoms with E-state index in [4.69, 9.17) is 0 Å². The second-order valence-corrected chi connectivity index (χ2v) is 4.96. The number of anilines is 1. The molecule has 1 saturated heterocycles. The number of H-pyrrole nitrogens is 1. The second-order valence-electron chi connectivity index (χ2n) is 4.96. The largest absolute Gasteiger partial charge is 0.360 e. The molecule has 0 unspecified atom stereocenters. The molecule has 0 aliphatic carbocycles. The second kappa shape index (κ2) is 4.82. The van der Waals surface area contributed by atoms with Crippen LogP contribution in [0.1, 0.15) is 0 Å². The number of benzene rings is 1. The standard InChI is InChI=1S/C14H18N4/c1-17-8-10-18(11-9-17)13-4-2-12(3-5-13)14-6-7-15-16-14/h2-7H,8-11H2,1H3,(H,15,16)/p+1. The van der Waals surface area contributed by atoms with Crippen molar-refractivity contribution in [1.29, 1.82) is 0 Å². The Morgan fingerprint density at radius 2 is 1.83 bits per heavy atom. The van der Waals surface area contributed by atoms with E-state index in [2.05, 4.69) is 46.4 Å². The van der Waals surface area contributed by atoms with Crippen LogP contribution in [-0.4, -0.2) is 43.4 Å². The first-order valence-electron chi connectivity index (χ1n) is 6.49. The predicted molar refractivity (Wildman–Crippen MR) is 72.9 cm³/mol. The highest BCUT2D eigenvalue weighted by Crippen LogP contribution is 2.21. The third-order valence-corrected chi connectivity index (χ3v) is 3.66. The van der Waals surface area contributed by atoms with Crippen LogP contribution in [0.15, 0.2) is 36.5 Å². The van der Waals surface area contributed by atoms with Crippen LogP contribution < -0.4 is 9.80 Å². The van der Waals surface area contributed by atoms with Crippen LogP contribution in [0.3, 0.4) is 0 Å². The van der Waals surface area contributed by atoms with Gasteiger partial charge in [0, 0.05) is 11.9 Å². The van der Waals surface area contributed by atoms with Crippen molar-refractivity contribution in [1.82, 2.24) is 10.2 Å². The molecule has 2 aromatic rings. The van der Waals surface area contributed by atoms with Gasteiger partial charge in [0.2, 0.25) is 0 Å². The van der Waals surface area contributed by atoms with Gasteiger partial charge in [-0.05, 0) is 23.8 Å². The van der Waals surface area contributed by atoms with E-state index in [0.29, 0.717) is 0 Å². The fourth-order valence-electron chi connectivity index (χ4n) is 2.42. The molecule has 4 heteroatoms. The normalized spacial score (nSPS) is 17.1. The van der Waals surface area contributed by atoms with E-state index in [1.165, 1.54) is 24.3 Å². The van der Waals surface area contributed by atoms with E-state index >= 15 is 0 Å². The molecule has 4 nitrogen and oxygen atoms in total. The van der Waals surface area contributed by atoms with Crippen molar-refractivity contribution in [2.24, 2.45) is 0 Å². The van der Waals surface area contributed by atoms with Gasteiger partial charge in [-0.2, -0.15) is 5.10 Å². The van der Waals surface area contributed by atoms with Crippen LogP contribution in [0, 0.1) is 0 Å². The SMILES string of the molecule is C[NH+]1CCN(c2ccc(-c3ccn[nH]3)cc2)CC1. The third kappa shape index (κ3) is 2.24. The molecule has 2 N–H and O–H groups in total. The summed E-state index contributed by atoms with van der Waals surface area (Å²) in [4.78, 5) is 4.09. The van der Waals surface area contributed by atoms with Crippen LogP contribution in [0.4, 0.5) is 5.69 Å². The molecule has 1 aliphatic heterocycles. The van der Waals surface area contributed by atoms with Crippen molar-refractivity contribution in [2.45, 2.75) is 0 Å². The molecule has 0 bridgehead atoms. The van der Waals surface area contributed by atoms with Crippen LogP contribution in [0.2, 0.25) is 0 Å². The summed E-state index contributed by atoms with van der Waals surface area (Å²) in [5.74, 6) is 0. The molecule has 94 valence electrons. The lowest BCUT2D eigenvalue weighted by Gasteiger charge is -2.31. The summed E-state index contributed by atoms with van der Waals surface area (Å²) >= 11 is 0. The Bertz CT molecular complexity index is 481. The monoisotopic (exact) mass is 243 g/mol. The van der Waals surface area contributed by atoms with Gasteiger partial charge in [-0.15, -0.1) is 0 Å². The van der Waals surface area contributed by atoms with Gasteiger partial charge in [-0.1, -0.05) is 12.1 Å². The maximum absolute atomic E-state index is 3.98. The highest BCUT2D eigenvalue weighted by Gasteiger charge is 2.16. The van der Waals surface area contributed by atoms with E-state index in [-0.39, 0.29) is 0 Å².